The van der Waals surface area contributed by atoms with Gasteiger partial charge in [0.2, 0.25) is 11.8 Å². The van der Waals surface area contributed by atoms with E-state index in [0.29, 0.717) is 28.1 Å². The lowest BCUT2D eigenvalue weighted by Crippen LogP contribution is -2.36. The highest BCUT2D eigenvalue weighted by molar-refractivity contribution is 7.20. The second-order valence-corrected chi connectivity index (χ2v) is 8.74. The number of nitrogens with zero attached hydrogens (tertiary/aromatic N) is 4. The summed E-state index contributed by atoms with van der Waals surface area (Å²) in [5.41, 5.74) is 1.08. The van der Waals surface area contributed by atoms with Gasteiger partial charge in [-0.25, -0.2) is 4.98 Å². The van der Waals surface area contributed by atoms with E-state index in [2.05, 4.69) is 15.2 Å². The van der Waals surface area contributed by atoms with Gasteiger partial charge in [0.25, 0.3) is 5.91 Å². The number of rotatable bonds is 6. The first kappa shape index (κ1) is 19.8. The SMILES string of the molecule is CC(C)N(Cc1nnc(-c2ccccc2Cl)o1)C(=O)c1csc(-c2cccs2)n1. The fraction of sp³-hybridized carbons (Fsp3) is 0.200. The number of hydrogen-bond donors (Lipinski definition) is 0. The summed E-state index contributed by atoms with van der Waals surface area (Å²) >= 11 is 9.26. The lowest BCUT2D eigenvalue weighted by molar-refractivity contribution is 0.0667. The number of thiazole rings is 1. The minimum Gasteiger partial charge on any atom is -0.419 e. The van der Waals surface area contributed by atoms with Crippen LogP contribution >= 0.6 is 34.3 Å². The molecule has 4 rings (SSSR count). The van der Waals surface area contributed by atoms with Crippen molar-refractivity contribution in [2.75, 3.05) is 0 Å². The monoisotopic (exact) mass is 444 g/mol. The number of aromatic nitrogens is 3. The normalized spacial score (nSPS) is 11.2. The van der Waals surface area contributed by atoms with Gasteiger partial charge in [0.15, 0.2) is 0 Å². The van der Waals surface area contributed by atoms with Gasteiger partial charge in [-0.2, -0.15) is 0 Å². The van der Waals surface area contributed by atoms with Gasteiger partial charge in [-0.1, -0.05) is 29.8 Å². The van der Waals surface area contributed by atoms with E-state index in [1.165, 1.54) is 11.3 Å². The van der Waals surface area contributed by atoms with E-state index in [9.17, 15) is 4.79 Å². The predicted molar refractivity (Wildman–Crippen MR) is 115 cm³/mol. The number of benzene rings is 1. The van der Waals surface area contributed by atoms with Crippen LogP contribution in [0.25, 0.3) is 21.3 Å². The van der Waals surface area contributed by atoms with Crippen LogP contribution in [0.4, 0.5) is 0 Å². The van der Waals surface area contributed by atoms with Crippen molar-refractivity contribution in [3.8, 4) is 21.3 Å². The molecule has 0 aliphatic heterocycles. The average Bonchev–Trinajstić information content (AvgIpc) is 3.47. The second-order valence-electron chi connectivity index (χ2n) is 6.52. The molecule has 0 bridgehead atoms. The molecule has 0 spiro atoms. The van der Waals surface area contributed by atoms with Gasteiger partial charge in [-0.3, -0.25) is 4.79 Å². The smallest absolute Gasteiger partial charge is 0.274 e. The summed E-state index contributed by atoms with van der Waals surface area (Å²) in [6, 6.07) is 11.2. The van der Waals surface area contributed by atoms with Crippen LogP contribution < -0.4 is 0 Å². The van der Waals surface area contributed by atoms with Crippen molar-refractivity contribution < 1.29 is 9.21 Å². The fourth-order valence-corrected chi connectivity index (χ4v) is 4.55. The molecule has 0 saturated heterocycles. The molecule has 0 aliphatic rings. The van der Waals surface area contributed by atoms with Crippen LogP contribution in [-0.2, 0) is 6.54 Å². The summed E-state index contributed by atoms with van der Waals surface area (Å²) in [5, 5.41) is 13.3. The third-order valence-corrected chi connectivity index (χ3v) is 6.43. The fourth-order valence-electron chi connectivity index (χ4n) is 2.73. The molecule has 0 atom stereocenters. The van der Waals surface area contributed by atoms with Crippen molar-refractivity contribution in [1.82, 2.24) is 20.1 Å². The Kier molecular flexibility index (Phi) is 5.75. The largest absolute Gasteiger partial charge is 0.419 e. The molecule has 0 saturated carbocycles. The van der Waals surface area contributed by atoms with E-state index in [0.717, 1.165) is 9.88 Å². The number of hydrogen-bond acceptors (Lipinski definition) is 7. The van der Waals surface area contributed by atoms with Crippen molar-refractivity contribution >= 4 is 40.2 Å². The van der Waals surface area contributed by atoms with Crippen LogP contribution in [0.3, 0.4) is 0 Å². The molecule has 0 aliphatic carbocycles. The Morgan fingerprint density at radius 1 is 1.17 bits per heavy atom. The molecule has 9 heteroatoms. The van der Waals surface area contributed by atoms with Crippen LogP contribution in [0.1, 0.15) is 30.2 Å². The van der Waals surface area contributed by atoms with E-state index < -0.39 is 0 Å². The van der Waals surface area contributed by atoms with Gasteiger partial charge in [-0.05, 0) is 37.4 Å². The molecule has 1 amide bonds. The number of carbonyl (C=O) groups is 1. The molecule has 0 radical (unpaired) electrons. The quantitative estimate of drug-likeness (QED) is 0.385. The van der Waals surface area contributed by atoms with Crippen LogP contribution in [0.2, 0.25) is 5.02 Å². The standard InChI is InChI=1S/C20H17ClN4O2S2/c1-12(2)25(20(26)15-11-29-19(22-15)16-8-5-9-28-16)10-17-23-24-18(27-17)13-6-3-4-7-14(13)21/h3-9,11-12H,10H2,1-2H3. The van der Waals surface area contributed by atoms with Crippen molar-refractivity contribution in [2.24, 2.45) is 0 Å². The minimum absolute atomic E-state index is 0.0648. The summed E-state index contributed by atoms with van der Waals surface area (Å²) in [7, 11) is 0. The molecular weight excluding hydrogens is 428 g/mol. The summed E-state index contributed by atoms with van der Waals surface area (Å²) in [4.78, 5) is 20.3. The molecule has 6 nitrogen and oxygen atoms in total. The van der Waals surface area contributed by atoms with Gasteiger partial charge >= 0.3 is 0 Å². The van der Waals surface area contributed by atoms with Crippen molar-refractivity contribution in [1.29, 1.82) is 0 Å². The molecular formula is C20H17ClN4O2S2. The molecule has 3 aromatic heterocycles. The molecule has 3 heterocycles. The van der Waals surface area contributed by atoms with E-state index in [1.807, 2.05) is 49.6 Å². The third-order valence-electron chi connectivity index (χ3n) is 4.22. The Bertz CT molecular complexity index is 1120. The Morgan fingerprint density at radius 2 is 2.00 bits per heavy atom. The molecule has 148 valence electrons. The van der Waals surface area contributed by atoms with Gasteiger partial charge in [0, 0.05) is 11.4 Å². The van der Waals surface area contributed by atoms with Crippen LogP contribution in [-0.4, -0.2) is 32.0 Å². The first-order chi connectivity index (χ1) is 14.0. The minimum atomic E-state index is -0.170. The topological polar surface area (TPSA) is 72.1 Å². The maximum Gasteiger partial charge on any atom is 0.274 e. The number of carbonyl (C=O) groups excluding carboxylic acids is 1. The van der Waals surface area contributed by atoms with E-state index >= 15 is 0 Å². The summed E-state index contributed by atoms with van der Waals surface area (Å²) in [6.07, 6.45) is 0. The van der Waals surface area contributed by atoms with Gasteiger partial charge in [0.05, 0.1) is 22.0 Å². The van der Waals surface area contributed by atoms with Crippen LogP contribution in [0.15, 0.2) is 51.6 Å². The average molecular weight is 445 g/mol. The highest BCUT2D eigenvalue weighted by Crippen LogP contribution is 2.29. The third kappa shape index (κ3) is 4.24. The first-order valence-electron chi connectivity index (χ1n) is 8.90. The Balaban J connectivity index is 1.54. The van der Waals surface area contributed by atoms with Gasteiger partial charge in [0.1, 0.15) is 10.7 Å². The molecule has 29 heavy (non-hydrogen) atoms. The van der Waals surface area contributed by atoms with E-state index in [-0.39, 0.29) is 18.5 Å². The zero-order valence-electron chi connectivity index (χ0n) is 15.7. The van der Waals surface area contributed by atoms with E-state index in [1.54, 1.807) is 27.7 Å². The highest BCUT2D eigenvalue weighted by atomic mass is 35.5. The number of thiophene rings is 1. The maximum absolute atomic E-state index is 13.1. The Labute approximate surface area is 180 Å². The molecule has 4 aromatic rings. The van der Waals surface area contributed by atoms with Crippen LogP contribution in [0, 0.1) is 0 Å². The first-order valence-corrected chi connectivity index (χ1v) is 11.0. The van der Waals surface area contributed by atoms with E-state index in [4.69, 9.17) is 16.0 Å². The van der Waals surface area contributed by atoms with Crippen LogP contribution in [0.5, 0.6) is 0 Å². The zero-order valence-corrected chi connectivity index (χ0v) is 18.1. The molecule has 0 N–H and O–H groups in total. The Hall–Kier alpha value is -2.55. The van der Waals surface area contributed by atoms with Crippen molar-refractivity contribution in [3.63, 3.8) is 0 Å². The molecule has 0 unspecified atom stereocenters. The number of halogens is 1. The maximum atomic E-state index is 13.1. The number of amides is 1. The van der Waals surface area contributed by atoms with Crippen molar-refractivity contribution in [2.45, 2.75) is 26.4 Å². The predicted octanol–water partition coefficient (Wildman–Crippen LogP) is 5.63. The van der Waals surface area contributed by atoms with Gasteiger partial charge < -0.3 is 9.32 Å². The van der Waals surface area contributed by atoms with Crippen molar-refractivity contribution in [3.05, 3.63) is 63.8 Å². The lowest BCUT2D eigenvalue weighted by Gasteiger charge is -2.24. The Morgan fingerprint density at radius 3 is 2.72 bits per heavy atom. The summed E-state index contributed by atoms with van der Waals surface area (Å²) in [6.45, 7) is 4.07. The summed E-state index contributed by atoms with van der Waals surface area (Å²) in [5.74, 6) is 0.502. The van der Waals surface area contributed by atoms with Gasteiger partial charge in [-0.15, -0.1) is 32.9 Å². The lowest BCUT2D eigenvalue weighted by atomic mass is 10.2. The summed E-state index contributed by atoms with van der Waals surface area (Å²) < 4.78 is 5.76. The zero-order chi connectivity index (χ0) is 20.4. The molecule has 1 aromatic carbocycles. The second kappa shape index (κ2) is 8.44. The highest BCUT2D eigenvalue weighted by Gasteiger charge is 2.24. The molecule has 0 fully saturated rings.